The number of nitrogens with zero attached hydrogens (tertiary/aromatic N) is 1. The van der Waals surface area contributed by atoms with Crippen LogP contribution in [0.25, 0.3) is 0 Å². The Kier molecular flexibility index (Phi) is 3.60. The first kappa shape index (κ1) is 15.9. The highest BCUT2D eigenvalue weighted by atomic mass is 35.5. The van der Waals surface area contributed by atoms with E-state index in [1.807, 2.05) is 0 Å². The molecule has 24 heavy (non-hydrogen) atoms. The molecule has 0 saturated carbocycles. The first-order chi connectivity index (χ1) is 11.4. The van der Waals surface area contributed by atoms with E-state index in [1.165, 1.54) is 17.4 Å². The highest BCUT2D eigenvalue weighted by molar-refractivity contribution is 7.92. The molecule has 2 aliphatic heterocycles. The zero-order valence-electron chi connectivity index (χ0n) is 12.6. The molecule has 0 spiro atoms. The molecule has 0 aromatic heterocycles. The van der Waals surface area contributed by atoms with Crippen molar-refractivity contribution in [2.24, 2.45) is 0 Å². The Bertz CT molecular complexity index is 945. The standard InChI is InChI=1S/C16H13Cl2NO4S/c1-19-11-4-5-12-16(23-7-6-22-12)14(11)15(18)10-3-2-9(17)8-13(10)24(19,20)21/h2-5,8,15H,6-7H2,1H3. The fourth-order valence-electron chi connectivity index (χ4n) is 3.02. The minimum Gasteiger partial charge on any atom is -0.486 e. The number of ether oxygens (including phenoxy) is 2. The van der Waals surface area contributed by atoms with Crippen molar-refractivity contribution < 1.29 is 17.9 Å². The van der Waals surface area contributed by atoms with Crippen LogP contribution in [0.2, 0.25) is 5.02 Å². The van der Waals surface area contributed by atoms with Crippen molar-refractivity contribution >= 4 is 38.9 Å². The van der Waals surface area contributed by atoms with E-state index in [0.29, 0.717) is 46.5 Å². The van der Waals surface area contributed by atoms with Gasteiger partial charge in [0.15, 0.2) is 11.5 Å². The number of hydrogen-bond donors (Lipinski definition) is 0. The predicted octanol–water partition coefficient (Wildman–Crippen LogP) is 3.58. The van der Waals surface area contributed by atoms with Crippen molar-refractivity contribution in [1.82, 2.24) is 0 Å². The van der Waals surface area contributed by atoms with Gasteiger partial charge in [0, 0.05) is 17.6 Å². The molecule has 4 rings (SSSR count). The molecule has 0 saturated heterocycles. The van der Waals surface area contributed by atoms with Crippen LogP contribution in [0.15, 0.2) is 35.2 Å². The zero-order chi connectivity index (χ0) is 17.1. The van der Waals surface area contributed by atoms with E-state index >= 15 is 0 Å². The third-order valence-electron chi connectivity index (χ3n) is 4.20. The number of anilines is 1. The van der Waals surface area contributed by atoms with Crippen molar-refractivity contribution in [3.8, 4) is 11.5 Å². The fourth-order valence-corrected chi connectivity index (χ4v) is 5.20. The molecule has 0 N–H and O–H groups in total. The van der Waals surface area contributed by atoms with Crippen molar-refractivity contribution in [1.29, 1.82) is 0 Å². The zero-order valence-corrected chi connectivity index (χ0v) is 15.0. The second-order valence-corrected chi connectivity index (χ2v) is 8.35. The maximum Gasteiger partial charge on any atom is 0.264 e. The van der Waals surface area contributed by atoms with Gasteiger partial charge in [-0.05, 0) is 29.8 Å². The summed E-state index contributed by atoms with van der Waals surface area (Å²) in [4.78, 5) is 0.0965. The molecule has 8 heteroatoms. The molecule has 0 bridgehead atoms. The second kappa shape index (κ2) is 5.44. The normalized spacial score (nSPS) is 20.8. The Morgan fingerprint density at radius 3 is 2.71 bits per heavy atom. The van der Waals surface area contributed by atoms with Gasteiger partial charge in [0.25, 0.3) is 10.0 Å². The molecule has 0 fully saturated rings. The third kappa shape index (κ3) is 2.17. The maximum atomic E-state index is 13.0. The van der Waals surface area contributed by atoms with Gasteiger partial charge in [-0.1, -0.05) is 17.7 Å². The van der Waals surface area contributed by atoms with Crippen LogP contribution in [0.3, 0.4) is 0 Å². The van der Waals surface area contributed by atoms with Crippen LogP contribution >= 0.6 is 23.2 Å². The monoisotopic (exact) mass is 385 g/mol. The highest BCUT2D eigenvalue weighted by Crippen LogP contribution is 2.51. The Labute approximate surface area is 149 Å². The maximum absolute atomic E-state index is 13.0. The van der Waals surface area contributed by atoms with Crippen LogP contribution in [-0.4, -0.2) is 28.7 Å². The average molecular weight is 386 g/mol. The van der Waals surface area contributed by atoms with Crippen molar-refractivity contribution in [3.63, 3.8) is 0 Å². The Hall–Kier alpha value is -1.63. The number of hydrogen-bond acceptors (Lipinski definition) is 4. The van der Waals surface area contributed by atoms with Crippen LogP contribution in [0, 0.1) is 0 Å². The topological polar surface area (TPSA) is 55.8 Å². The molecule has 0 amide bonds. The molecule has 126 valence electrons. The number of alkyl halides is 1. The van der Waals surface area contributed by atoms with E-state index in [4.69, 9.17) is 32.7 Å². The summed E-state index contributed by atoms with van der Waals surface area (Å²) in [5.41, 5.74) is 1.52. The van der Waals surface area contributed by atoms with E-state index in [2.05, 4.69) is 0 Å². The van der Waals surface area contributed by atoms with Gasteiger partial charge < -0.3 is 9.47 Å². The molecule has 0 aliphatic carbocycles. The summed E-state index contributed by atoms with van der Waals surface area (Å²) in [6.07, 6.45) is 0. The van der Waals surface area contributed by atoms with Crippen molar-refractivity contribution in [3.05, 3.63) is 46.5 Å². The lowest BCUT2D eigenvalue weighted by Crippen LogP contribution is -2.27. The molecule has 2 aromatic carbocycles. The first-order valence-corrected chi connectivity index (χ1v) is 9.51. The molecule has 1 unspecified atom stereocenters. The molecular weight excluding hydrogens is 373 g/mol. The lowest BCUT2D eigenvalue weighted by Gasteiger charge is -2.26. The number of rotatable bonds is 0. The number of sulfonamides is 1. The van der Waals surface area contributed by atoms with Crippen LogP contribution < -0.4 is 13.8 Å². The van der Waals surface area contributed by atoms with Gasteiger partial charge in [-0.15, -0.1) is 11.6 Å². The SMILES string of the molecule is CN1c2ccc3c(c2C(Cl)c2ccc(Cl)cc2S1(=O)=O)OCCO3. The second-order valence-electron chi connectivity index (χ2n) is 5.54. The largest absolute Gasteiger partial charge is 0.486 e. The molecule has 0 radical (unpaired) electrons. The molecular formula is C16H13Cl2NO4S. The van der Waals surface area contributed by atoms with Gasteiger partial charge in [0.05, 0.1) is 16.0 Å². The summed E-state index contributed by atoms with van der Waals surface area (Å²) in [5.74, 6) is 1.05. The summed E-state index contributed by atoms with van der Waals surface area (Å²) in [7, 11) is -2.29. The van der Waals surface area contributed by atoms with E-state index < -0.39 is 15.4 Å². The smallest absolute Gasteiger partial charge is 0.264 e. The van der Waals surface area contributed by atoms with Crippen LogP contribution in [0.1, 0.15) is 16.5 Å². The lowest BCUT2D eigenvalue weighted by atomic mass is 10.0. The highest BCUT2D eigenvalue weighted by Gasteiger charge is 2.37. The van der Waals surface area contributed by atoms with Gasteiger partial charge in [-0.25, -0.2) is 8.42 Å². The van der Waals surface area contributed by atoms with Crippen LogP contribution in [0.4, 0.5) is 5.69 Å². The number of fused-ring (bicyclic) bond motifs is 4. The molecule has 1 atom stereocenters. The third-order valence-corrected chi connectivity index (χ3v) is 6.72. The lowest BCUT2D eigenvalue weighted by molar-refractivity contribution is 0.170. The summed E-state index contributed by atoms with van der Waals surface area (Å²) in [6, 6.07) is 8.07. The molecule has 2 aromatic rings. The van der Waals surface area contributed by atoms with E-state index in [9.17, 15) is 8.42 Å². The summed E-state index contributed by atoms with van der Waals surface area (Å²) in [5, 5.41) is -0.370. The minimum absolute atomic E-state index is 0.0965. The van der Waals surface area contributed by atoms with E-state index in [1.54, 1.807) is 24.3 Å². The van der Waals surface area contributed by atoms with Gasteiger partial charge in [-0.2, -0.15) is 0 Å². The van der Waals surface area contributed by atoms with Crippen molar-refractivity contribution in [2.45, 2.75) is 10.3 Å². The van der Waals surface area contributed by atoms with Crippen molar-refractivity contribution in [2.75, 3.05) is 24.6 Å². The Balaban J connectivity index is 2.08. The fraction of sp³-hybridized carbons (Fsp3) is 0.250. The first-order valence-electron chi connectivity index (χ1n) is 7.26. The van der Waals surface area contributed by atoms with Crippen LogP contribution in [0.5, 0.6) is 11.5 Å². The minimum atomic E-state index is -3.78. The Morgan fingerprint density at radius 1 is 1.17 bits per heavy atom. The molecule has 2 heterocycles. The van der Waals surface area contributed by atoms with Crippen LogP contribution in [-0.2, 0) is 10.0 Å². The Morgan fingerprint density at radius 2 is 1.92 bits per heavy atom. The van der Waals surface area contributed by atoms with E-state index in [-0.39, 0.29) is 4.90 Å². The molecule has 5 nitrogen and oxygen atoms in total. The summed E-state index contributed by atoms with van der Waals surface area (Å²) in [6.45, 7) is 0.829. The van der Waals surface area contributed by atoms with Gasteiger partial charge in [0.2, 0.25) is 0 Å². The van der Waals surface area contributed by atoms with Gasteiger partial charge in [0.1, 0.15) is 13.2 Å². The van der Waals surface area contributed by atoms with E-state index in [0.717, 1.165) is 0 Å². The average Bonchev–Trinajstić information content (AvgIpc) is 2.64. The van der Waals surface area contributed by atoms with Gasteiger partial charge >= 0.3 is 0 Å². The predicted molar refractivity (Wildman–Crippen MR) is 92.2 cm³/mol. The number of halogens is 2. The quantitative estimate of drug-likeness (QED) is 0.650. The number of benzene rings is 2. The molecule has 2 aliphatic rings. The summed E-state index contributed by atoms with van der Waals surface area (Å²) >= 11 is 12.7. The summed E-state index contributed by atoms with van der Waals surface area (Å²) < 4.78 is 38.5. The van der Waals surface area contributed by atoms with Gasteiger partial charge in [-0.3, -0.25) is 4.31 Å².